The second-order valence-corrected chi connectivity index (χ2v) is 8.35. The van der Waals surface area contributed by atoms with Gasteiger partial charge in [-0.15, -0.1) is 0 Å². The minimum absolute atomic E-state index is 0.193. The van der Waals surface area contributed by atoms with Crippen LogP contribution in [0.4, 0.5) is 0 Å². The van der Waals surface area contributed by atoms with Gasteiger partial charge in [-0.2, -0.15) is 0 Å². The van der Waals surface area contributed by atoms with Crippen molar-refractivity contribution in [1.29, 1.82) is 0 Å². The van der Waals surface area contributed by atoms with Crippen molar-refractivity contribution in [2.75, 3.05) is 33.8 Å². The van der Waals surface area contributed by atoms with Gasteiger partial charge in [-0.1, -0.05) is 41.6 Å². The van der Waals surface area contributed by atoms with Gasteiger partial charge in [-0.3, -0.25) is 4.79 Å². The summed E-state index contributed by atoms with van der Waals surface area (Å²) in [7, 11) is 3.84. The van der Waals surface area contributed by atoms with Gasteiger partial charge in [-0.05, 0) is 38.7 Å². The first kappa shape index (κ1) is 21.1. The van der Waals surface area contributed by atoms with E-state index in [0.29, 0.717) is 31.9 Å². The van der Waals surface area contributed by atoms with E-state index in [9.17, 15) is 9.90 Å². The van der Waals surface area contributed by atoms with Crippen molar-refractivity contribution in [3.8, 4) is 17.0 Å². The third-order valence-corrected chi connectivity index (χ3v) is 5.36. The minimum Gasteiger partial charge on any atom is -0.491 e. The van der Waals surface area contributed by atoms with Gasteiger partial charge in [0.05, 0.1) is 12.1 Å². The molecule has 0 saturated carbocycles. The van der Waals surface area contributed by atoms with Crippen LogP contribution >= 0.6 is 0 Å². The molecule has 1 aliphatic rings. The number of hydrogen-bond donors (Lipinski definition) is 1. The van der Waals surface area contributed by atoms with Gasteiger partial charge in [0.1, 0.15) is 18.1 Å². The molecule has 1 unspecified atom stereocenters. The van der Waals surface area contributed by atoms with E-state index in [1.54, 1.807) is 17.9 Å². The molecule has 1 aromatic heterocycles. The highest BCUT2D eigenvalue weighted by molar-refractivity contribution is 5.92. The standard InChI is InChI=1S/C24H27N3O4/c1-24(29,16-26(2)3)19-9-10-21-18(13-19)15-27(11-12-30-21)23(28)22-14-20(25-31-22)17-7-5-4-6-8-17/h4-10,13-14,29H,11-12,15-16H2,1-3H3. The molecule has 2 aromatic carbocycles. The highest BCUT2D eigenvalue weighted by Crippen LogP contribution is 2.30. The smallest absolute Gasteiger partial charge is 0.292 e. The Bertz CT molecular complexity index is 1060. The lowest BCUT2D eigenvalue weighted by Crippen LogP contribution is -2.35. The van der Waals surface area contributed by atoms with Crippen LogP contribution in [0, 0.1) is 0 Å². The quantitative estimate of drug-likeness (QED) is 0.682. The molecule has 162 valence electrons. The van der Waals surface area contributed by atoms with E-state index in [-0.39, 0.29) is 11.7 Å². The molecule has 7 nitrogen and oxygen atoms in total. The molecular formula is C24H27N3O4. The number of ether oxygens (including phenoxy) is 1. The van der Waals surface area contributed by atoms with Crippen LogP contribution < -0.4 is 4.74 Å². The van der Waals surface area contributed by atoms with Crippen LogP contribution in [-0.4, -0.2) is 59.8 Å². The molecule has 1 N–H and O–H groups in total. The largest absolute Gasteiger partial charge is 0.491 e. The summed E-state index contributed by atoms with van der Waals surface area (Å²) < 4.78 is 11.2. The molecule has 3 aromatic rings. The van der Waals surface area contributed by atoms with Crippen LogP contribution in [0.1, 0.15) is 28.6 Å². The van der Waals surface area contributed by atoms with Gasteiger partial charge in [0.15, 0.2) is 0 Å². The first-order valence-corrected chi connectivity index (χ1v) is 10.3. The zero-order valence-electron chi connectivity index (χ0n) is 18.0. The predicted molar refractivity (Wildman–Crippen MR) is 117 cm³/mol. The van der Waals surface area contributed by atoms with Crippen LogP contribution in [0.5, 0.6) is 5.75 Å². The van der Waals surface area contributed by atoms with Crippen molar-refractivity contribution < 1.29 is 19.2 Å². The molecule has 0 radical (unpaired) electrons. The maximum absolute atomic E-state index is 13.1. The van der Waals surface area contributed by atoms with Gasteiger partial charge in [0, 0.05) is 30.3 Å². The molecular weight excluding hydrogens is 394 g/mol. The average Bonchev–Trinajstić information content (AvgIpc) is 3.13. The van der Waals surface area contributed by atoms with Crippen LogP contribution in [0.25, 0.3) is 11.3 Å². The monoisotopic (exact) mass is 421 g/mol. The van der Waals surface area contributed by atoms with Gasteiger partial charge < -0.3 is 24.2 Å². The van der Waals surface area contributed by atoms with E-state index in [2.05, 4.69) is 5.16 Å². The first-order chi connectivity index (χ1) is 14.8. The Morgan fingerprint density at radius 3 is 2.71 bits per heavy atom. The highest BCUT2D eigenvalue weighted by atomic mass is 16.5. The van der Waals surface area contributed by atoms with E-state index in [0.717, 1.165) is 22.4 Å². The molecule has 0 bridgehead atoms. The van der Waals surface area contributed by atoms with Crippen LogP contribution in [0.15, 0.2) is 59.1 Å². The van der Waals surface area contributed by atoms with Gasteiger partial charge in [-0.25, -0.2) is 0 Å². The van der Waals surface area contributed by atoms with Crippen molar-refractivity contribution >= 4 is 5.91 Å². The number of fused-ring (bicyclic) bond motifs is 1. The fraction of sp³-hybridized carbons (Fsp3) is 0.333. The first-order valence-electron chi connectivity index (χ1n) is 10.3. The number of carbonyl (C=O) groups excluding carboxylic acids is 1. The van der Waals surface area contributed by atoms with Gasteiger partial charge in [0.2, 0.25) is 5.76 Å². The third kappa shape index (κ3) is 4.62. The summed E-state index contributed by atoms with van der Waals surface area (Å²) in [6.07, 6.45) is 0. The van der Waals surface area contributed by atoms with Crippen molar-refractivity contribution in [3.63, 3.8) is 0 Å². The molecule has 0 aliphatic carbocycles. The normalized spacial score (nSPS) is 15.7. The Hall–Kier alpha value is -3.16. The van der Waals surface area contributed by atoms with Crippen molar-refractivity contribution in [2.24, 2.45) is 0 Å². The SMILES string of the molecule is CN(C)CC(C)(O)c1ccc2c(c1)CN(C(=O)c1cc(-c3ccccc3)no1)CCO2. The second-order valence-electron chi connectivity index (χ2n) is 8.35. The van der Waals surface area contributed by atoms with E-state index in [4.69, 9.17) is 9.26 Å². The Morgan fingerprint density at radius 1 is 1.19 bits per heavy atom. The zero-order valence-corrected chi connectivity index (χ0v) is 18.0. The third-order valence-electron chi connectivity index (χ3n) is 5.36. The molecule has 4 rings (SSSR count). The Balaban J connectivity index is 1.56. The highest BCUT2D eigenvalue weighted by Gasteiger charge is 2.28. The maximum atomic E-state index is 13.1. The Labute approximate surface area is 181 Å². The topological polar surface area (TPSA) is 79.0 Å². The van der Waals surface area contributed by atoms with Crippen LogP contribution in [0.2, 0.25) is 0 Å². The van der Waals surface area contributed by atoms with Crippen LogP contribution in [0.3, 0.4) is 0 Å². The molecule has 0 fully saturated rings. The molecule has 1 amide bonds. The summed E-state index contributed by atoms with van der Waals surface area (Å²) in [5.74, 6) is 0.678. The number of nitrogens with zero attached hydrogens (tertiary/aromatic N) is 3. The number of aromatic nitrogens is 1. The summed E-state index contributed by atoms with van der Waals surface area (Å²) in [6, 6.07) is 16.9. The summed E-state index contributed by atoms with van der Waals surface area (Å²) in [4.78, 5) is 16.7. The lowest BCUT2D eigenvalue weighted by Gasteiger charge is -2.28. The second kappa shape index (κ2) is 8.53. The van der Waals surface area contributed by atoms with Crippen molar-refractivity contribution in [3.05, 3.63) is 71.5 Å². The molecule has 7 heteroatoms. The number of likely N-dealkylation sites (N-methyl/N-ethyl adjacent to an activating group) is 1. The molecule has 0 spiro atoms. The zero-order chi connectivity index (χ0) is 22.0. The number of hydrogen-bond acceptors (Lipinski definition) is 6. The van der Waals surface area contributed by atoms with E-state index in [1.165, 1.54) is 0 Å². The molecule has 1 aliphatic heterocycles. The summed E-state index contributed by atoms with van der Waals surface area (Å²) in [5.41, 5.74) is 2.13. The lowest BCUT2D eigenvalue weighted by molar-refractivity contribution is 0.0299. The van der Waals surface area contributed by atoms with Gasteiger partial charge >= 0.3 is 0 Å². The molecule has 2 heterocycles. The van der Waals surface area contributed by atoms with Crippen molar-refractivity contribution in [1.82, 2.24) is 15.0 Å². The Kier molecular flexibility index (Phi) is 5.80. The van der Waals surface area contributed by atoms with E-state index in [1.807, 2.05) is 67.5 Å². The summed E-state index contributed by atoms with van der Waals surface area (Å²) in [5, 5.41) is 15.0. The van der Waals surface area contributed by atoms with Crippen LogP contribution in [-0.2, 0) is 12.1 Å². The summed E-state index contributed by atoms with van der Waals surface area (Å²) >= 11 is 0. The fourth-order valence-electron chi connectivity index (χ4n) is 3.89. The predicted octanol–water partition coefficient (Wildman–Crippen LogP) is 3.15. The number of rotatable bonds is 5. The molecule has 0 saturated heterocycles. The summed E-state index contributed by atoms with van der Waals surface area (Å²) in [6.45, 7) is 3.44. The number of aliphatic hydroxyl groups is 1. The number of amides is 1. The van der Waals surface area contributed by atoms with Gasteiger partial charge in [0.25, 0.3) is 5.91 Å². The fourth-order valence-corrected chi connectivity index (χ4v) is 3.89. The Morgan fingerprint density at radius 2 is 1.97 bits per heavy atom. The number of carbonyl (C=O) groups is 1. The lowest BCUT2D eigenvalue weighted by atomic mass is 9.93. The average molecular weight is 421 g/mol. The van der Waals surface area contributed by atoms with E-state index < -0.39 is 5.60 Å². The maximum Gasteiger partial charge on any atom is 0.292 e. The minimum atomic E-state index is -1.02. The van der Waals surface area contributed by atoms with E-state index >= 15 is 0 Å². The molecule has 1 atom stereocenters. The molecule has 31 heavy (non-hydrogen) atoms. The van der Waals surface area contributed by atoms with Crippen molar-refractivity contribution in [2.45, 2.75) is 19.1 Å². The number of benzene rings is 2.